The Labute approximate surface area is 304 Å². The summed E-state index contributed by atoms with van der Waals surface area (Å²) in [4.78, 5) is 33.8. The molecule has 1 saturated heterocycles. The van der Waals surface area contributed by atoms with E-state index in [9.17, 15) is 18.4 Å². The van der Waals surface area contributed by atoms with Crippen molar-refractivity contribution >= 4 is 35.1 Å². The van der Waals surface area contributed by atoms with Crippen LogP contribution in [0.5, 0.6) is 11.5 Å². The molecule has 1 atom stereocenters. The quantitative estimate of drug-likeness (QED) is 0.184. The van der Waals surface area contributed by atoms with Crippen molar-refractivity contribution < 1.29 is 42.0 Å². The molecule has 0 spiro atoms. The number of carboxylic acid groups (broad SMARTS) is 1. The number of carbonyl (C=O) groups is 2. The standard InChI is InChI=1S/C17H19ClFN3O3.C10H10ClFO3.C8H12N2O/c1-10-20-15(25-21-10)13-5-4-8-22(13)16(23)17(2,3)24-14-7-6-11(18)9-12(14)19;1-10(2,9(13)14)15-8-4-3-6(11)5-7(8)12;1-6-9-8(11-10-6)7-4-2-3-5-7/h6-7,9,13H,4-5,8H2,1-3H3;3-5H,1-2H3,(H,13,14);7H,2-5H2,1H3/t13-;;/m0../s1. The monoisotopic (exact) mass is 751 g/mol. The second kappa shape index (κ2) is 16.8. The van der Waals surface area contributed by atoms with Crippen molar-refractivity contribution in [1.82, 2.24) is 25.2 Å². The third-order valence-electron chi connectivity index (χ3n) is 8.14. The number of ether oxygens (including phenoxy) is 2. The molecule has 2 aromatic carbocycles. The van der Waals surface area contributed by atoms with E-state index >= 15 is 0 Å². The number of hydrogen-bond donors (Lipinski definition) is 1. The van der Waals surface area contributed by atoms with Crippen molar-refractivity contribution in [2.45, 2.75) is 103 Å². The van der Waals surface area contributed by atoms with E-state index in [0.717, 1.165) is 36.7 Å². The molecule has 2 aromatic heterocycles. The van der Waals surface area contributed by atoms with Crippen LogP contribution in [0.15, 0.2) is 45.4 Å². The first-order chi connectivity index (χ1) is 24.0. The number of aliphatic carboxylic acids is 1. The Morgan fingerprint density at radius 3 is 1.75 bits per heavy atom. The van der Waals surface area contributed by atoms with Gasteiger partial charge in [-0.15, -0.1) is 0 Å². The van der Waals surface area contributed by atoms with Crippen molar-refractivity contribution in [3.05, 3.63) is 81.5 Å². The predicted molar refractivity (Wildman–Crippen MR) is 183 cm³/mol. The third kappa shape index (κ3) is 10.6. The Morgan fingerprint density at radius 1 is 0.804 bits per heavy atom. The SMILES string of the molecule is CC(C)(Oc1ccc(Cl)cc1F)C(=O)O.Cc1noc(C2CCCC2)n1.Cc1noc([C@@H]2CCCN2C(=O)C(C)(C)Oc2ccc(Cl)cc2F)n1. The van der Waals surface area contributed by atoms with Gasteiger partial charge in [0.05, 0.1) is 0 Å². The van der Waals surface area contributed by atoms with Crippen molar-refractivity contribution in [2.24, 2.45) is 0 Å². The topological polar surface area (TPSA) is 154 Å². The summed E-state index contributed by atoms with van der Waals surface area (Å²) in [5.74, 6) is 0.208. The van der Waals surface area contributed by atoms with Crippen LogP contribution in [0.3, 0.4) is 0 Å². The number of halogens is 4. The molecule has 1 aliphatic carbocycles. The van der Waals surface area contributed by atoms with Gasteiger partial charge in [0.15, 0.2) is 46.0 Å². The summed E-state index contributed by atoms with van der Waals surface area (Å²) in [6.45, 7) is 10.0. The first-order valence-corrected chi connectivity index (χ1v) is 17.2. The molecule has 2 aliphatic rings. The normalized spacial score (nSPS) is 16.2. The number of likely N-dealkylation sites (tertiary alicyclic amines) is 1. The number of hydrogen-bond acceptors (Lipinski definition) is 10. The fourth-order valence-corrected chi connectivity index (χ4v) is 5.78. The zero-order chi connectivity index (χ0) is 37.5. The first-order valence-electron chi connectivity index (χ1n) is 16.4. The molecule has 1 aliphatic heterocycles. The maximum absolute atomic E-state index is 14.0. The second-order valence-corrected chi connectivity index (χ2v) is 14.0. The number of benzene rings is 2. The zero-order valence-electron chi connectivity index (χ0n) is 29.2. The Balaban J connectivity index is 0.000000190. The minimum absolute atomic E-state index is 0.0212. The lowest BCUT2D eigenvalue weighted by Crippen LogP contribution is -2.48. The van der Waals surface area contributed by atoms with Gasteiger partial charge in [-0.2, -0.15) is 9.97 Å². The Morgan fingerprint density at radius 2 is 1.29 bits per heavy atom. The molecule has 16 heteroatoms. The van der Waals surface area contributed by atoms with E-state index in [1.807, 2.05) is 6.92 Å². The third-order valence-corrected chi connectivity index (χ3v) is 8.61. The molecule has 4 aromatic rings. The van der Waals surface area contributed by atoms with Crippen LogP contribution < -0.4 is 9.47 Å². The van der Waals surface area contributed by atoms with Gasteiger partial charge in [0.2, 0.25) is 11.8 Å². The minimum Gasteiger partial charge on any atom is -0.478 e. The maximum Gasteiger partial charge on any atom is 0.347 e. The van der Waals surface area contributed by atoms with Gasteiger partial charge in [-0.25, -0.2) is 13.6 Å². The van der Waals surface area contributed by atoms with Crippen molar-refractivity contribution in [2.75, 3.05) is 6.54 Å². The van der Waals surface area contributed by atoms with Crippen LogP contribution in [-0.2, 0) is 9.59 Å². The number of carbonyl (C=O) groups excluding carboxylic acids is 1. The number of carboxylic acids is 1. The molecule has 1 N–H and O–H groups in total. The molecule has 2 fully saturated rings. The van der Waals surface area contributed by atoms with Crippen LogP contribution in [0.1, 0.15) is 102 Å². The highest BCUT2D eigenvalue weighted by molar-refractivity contribution is 6.30. The van der Waals surface area contributed by atoms with Crippen LogP contribution in [0, 0.1) is 25.5 Å². The number of amides is 1. The van der Waals surface area contributed by atoms with Gasteiger partial charge in [0.1, 0.15) is 6.04 Å². The Kier molecular flexibility index (Phi) is 13.0. The molecule has 0 unspecified atom stereocenters. The fraction of sp³-hybridized carbons (Fsp3) is 0.486. The smallest absolute Gasteiger partial charge is 0.347 e. The van der Waals surface area contributed by atoms with Gasteiger partial charge in [0.25, 0.3) is 5.91 Å². The van der Waals surface area contributed by atoms with Crippen molar-refractivity contribution in [3.8, 4) is 11.5 Å². The highest BCUT2D eigenvalue weighted by Crippen LogP contribution is 2.35. The summed E-state index contributed by atoms with van der Waals surface area (Å²) in [5.41, 5.74) is -2.74. The molecular weight excluding hydrogens is 711 g/mol. The Bertz CT molecular complexity index is 1810. The van der Waals surface area contributed by atoms with Gasteiger partial charge in [0, 0.05) is 22.5 Å². The van der Waals surface area contributed by atoms with E-state index < -0.39 is 28.8 Å². The average molecular weight is 753 g/mol. The lowest BCUT2D eigenvalue weighted by atomic mass is 10.1. The van der Waals surface area contributed by atoms with Gasteiger partial charge in [-0.1, -0.05) is 46.4 Å². The van der Waals surface area contributed by atoms with E-state index in [1.54, 1.807) is 25.7 Å². The Hall–Kier alpha value is -4.30. The number of rotatable bonds is 8. The van der Waals surface area contributed by atoms with Crippen LogP contribution in [0.25, 0.3) is 0 Å². The van der Waals surface area contributed by atoms with E-state index in [1.165, 1.54) is 63.8 Å². The second-order valence-electron chi connectivity index (χ2n) is 13.2. The maximum atomic E-state index is 14.0. The zero-order valence-corrected chi connectivity index (χ0v) is 30.7. The first kappa shape index (κ1) is 39.5. The number of nitrogens with zero attached hydrogens (tertiary/aromatic N) is 5. The summed E-state index contributed by atoms with van der Waals surface area (Å²) in [5, 5.41) is 16.8. The van der Waals surface area contributed by atoms with Gasteiger partial charge in [-0.3, -0.25) is 4.79 Å². The van der Waals surface area contributed by atoms with Crippen LogP contribution in [-0.4, -0.2) is 59.9 Å². The molecule has 0 bridgehead atoms. The summed E-state index contributed by atoms with van der Waals surface area (Å²) in [7, 11) is 0. The summed E-state index contributed by atoms with van der Waals surface area (Å²) < 4.78 is 48.2. The van der Waals surface area contributed by atoms with Crippen LogP contribution >= 0.6 is 23.2 Å². The predicted octanol–water partition coefficient (Wildman–Crippen LogP) is 8.45. The van der Waals surface area contributed by atoms with Crippen LogP contribution in [0.4, 0.5) is 8.78 Å². The van der Waals surface area contributed by atoms with Gasteiger partial charge in [-0.05, 0) is 104 Å². The molecule has 1 amide bonds. The van der Waals surface area contributed by atoms with Crippen molar-refractivity contribution in [1.29, 1.82) is 0 Å². The van der Waals surface area contributed by atoms with Gasteiger partial charge >= 0.3 is 5.97 Å². The number of aryl methyl sites for hydroxylation is 2. The molecule has 0 radical (unpaired) electrons. The molecule has 6 rings (SSSR count). The van der Waals surface area contributed by atoms with Crippen molar-refractivity contribution in [3.63, 3.8) is 0 Å². The van der Waals surface area contributed by atoms with E-state index in [-0.39, 0.29) is 33.5 Å². The highest BCUT2D eigenvalue weighted by Gasteiger charge is 2.42. The molecule has 3 heterocycles. The van der Waals surface area contributed by atoms with E-state index in [4.69, 9.17) is 46.8 Å². The average Bonchev–Trinajstić information content (AvgIpc) is 3.88. The van der Waals surface area contributed by atoms with Gasteiger partial charge < -0.3 is 28.5 Å². The molecule has 12 nitrogen and oxygen atoms in total. The highest BCUT2D eigenvalue weighted by atomic mass is 35.5. The summed E-state index contributed by atoms with van der Waals surface area (Å²) >= 11 is 11.3. The summed E-state index contributed by atoms with van der Waals surface area (Å²) in [6.07, 6.45) is 6.63. The molecule has 276 valence electrons. The summed E-state index contributed by atoms with van der Waals surface area (Å²) in [6, 6.07) is 7.58. The molecule has 51 heavy (non-hydrogen) atoms. The fourth-order valence-electron chi connectivity index (χ4n) is 5.47. The number of aromatic nitrogens is 4. The lowest BCUT2D eigenvalue weighted by Gasteiger charge is -2.32. The molecular formula is C35H41Cl2F2N5O7. The van der Waals surface area contributed by atoms with E-state index in [0.29, 0.717) is 24.2 Å². The van der Waals surface area contributed by atoms with E-state index in [2.05, 4.69) is 20.3 Å². The largest absolute Gasteiger partial charge is 0.478 e. The minimum atomic E-state index is -1.48. The molecule has 1 saturated carbocycles. The van der Waals surface area contributed by atoms with Crippen LogP contribution in [0.2, 0.25) is 10.0 Å². The lowest BCUT2D eigenvalue weighted by molar-refractivity contribution is -0.152.